The summed E-state index contributed by atoms with van der Waals surface area (Å²) < 4.78 is 1.22. The Bertz CT molecular complexity index is 394. The van der Waals surface area contributed by atoms with Crippen molar-refractivity contribution in [3.05, 3.63) is 28.2 Å². The zero-order chi connectivity index (χ0) is 11.3. The number of halogens is 1. The minimum absolute atomic E-state index is 0.178. The van der Waals surface area contributed by atoms with Crippen LogP contribution in [0.4, 0.5) is 5.69 Å². The van der Waals surface area contributed by atoms with E-state index in [1.807, 2.05) is 0 Å². The highest BCUT2D eigenvalue weighted by atomic mass is 79.9. The molecule has 0 radical (unpaired) electrons. The molecule has 1 nitrogen and oxygen atoms in total. The molecule has 0 bridgehead atoms. The van der Waals surface area contributed by atoms with E-state index >= 15 is 0 Å². The normalized spacial score (nSPS) is 21.7. The second-order valence-corrected chi connectivity index (χ2v) is 6.59. The average molecular weight is 268 g/mol. The van der Waals surface area contributed by atoms with Gasteiger partial charge < -0.3 is 5.32 Å². The Morgan fingerprint density at radius 3 is 2.53 bits per heavy atom. The molecule has 0 fully saturated rings. The summed E-state index contributed by atoms with van der Waals surface area (Å²) in [6, 6.07) is 6.39. The fraction of sp³-hybridized carbons (Fsp3) is 0.538. The molecule has 0 saturated heterocycles. The lowest BCUT2D eigenvalue weighted by Crippen LogP contribution is -2.43. The molecule has 1 N–H and O–H groups in total. The van der Waals surface area contributed by atoms with Crippen LogP contribution in [0.1, 0.15) is 39.7 Å². The van der Waals surface area contributed by atoms with Gasteiger partial charge >= 0.3 is 0 Å². The van der Waals surface area contributed by atoms with E-state index < -0.39 is 0 Å². The lowest BCUT2D eigenvalue weighted by molar-refractivity contribution is 0.354. The standard InChI is InChI=1S/C13H18BrN/c1-12(2)8-13(3,4)15-10-7-5-6-9(14)11(10)12/h5-7,15H,8H2,1-4H3. The predicted octanol–water partition coefficient (Wildman–Crippen LogP) is 4.32. The molecular formula is C13H18BrN. The maximum absolute atomic E-state index is 3.66. The minimum atomic E-state index is 0.178. The summed E-state index contributed by atoms with van der Waals surface area (Å²) in [6.07, 6.45) is 1.15. The molecule has 0 aliphatic carbocycles. The van der Waals surface area contributed by atoms with E-state index in [1.54, 1.807) is 0 Å². The van der Waals surface area contributed by atoms with Gasteiger partial charge in [-0.3, -0.25) is 0 Å². The number of anilines is 1. The van der Waals surface area contributed by atoms with Crippen molar-refractivity contribution in [2.75, 3.05) is 5.32 Å². The number of benzene rings is 1. The molecule has 0 saturated carbocycles. The van der Waals surface area contributed by atoms with Crippen LogP contribution < -0.4 is 5.32 Å². The molecular weight excluding hydrogens is 250 g/mol. The summed E-state index contributed by atoms with van der Waals surface area (Å²) in [5, 5.41) is 3.60. The minimum Gasteiger partial charge on any atom is -0.380 e. The number of nitrogens with one attached hydrogen (secondary N) is 1. The van der Waals surface area contributed by atoms with Crippen molar-refractivity contribution in [2.45, 2.75) is 45.1 Å². The lowest BCUT2D eigenvalue weighted by atomic mass is 9.71. The van der Waals surface area contributed by atoms with Gasteiger partial charge in [-0.2, -0.15) is 0 Å². The summed E-state index contributed by atoms with van der Waals surface area (Å²) in [5.74, 6) is 0. The molecule has 0 aromatic heterocycles. The number of rotatable bonds is 0. The first-order valence-corrected chi connectivity index (χ1v) is 6.18. The molecule has 15 heavy (non-hydrogen) atoms. The summed E-state index contributed by atoms with van der Waals surface area (Å²) in [5.41, 5.74) is 3.08. The lowest BCUT2D eigenvalue weighted by Gasteiger charge is -2.44. The molecule has 0 atom stereocenters. The quantitative estimate of drug-likeness (QED) is 0.738. The van der Waals surface area contributed by atoms with Gasteiger partial charge in [-0.05, 0) is 43.4 Å². The van der Waals surface area contributed by atoms with E-state index in [2.05, 4.69) is 67.1 Å². The Hall–Kier alpha value is -0.500. The zero-order valence-electron chi connectivity index (χ0n) is 9.82. The summed E-state index contributed by atoms with van der Waals surface area (Å²) in [4.78, 5) is 0. The highest BCUT2D eigenvalue weighted by molar-refractivity contribution is 9.10. The Morgan fingerprint density at radius 1 is 1.20 bits per heavy atom. The van der Waals surface area contributed by atoms with Gasteiger partial charge in [-0.15, -0.1) is 0 Å². The van der Waals surface area contributed by atoms with Gasteiger partial charge in [-0.25, -0.2) is 0 Å². The van der Waals surface area contributed by atoms with Gasteiger partial charge in [0.1, 0.15) is 0 Å². The molecule has 0 spiro atoms. The van der Waals surface area contributed by atoms with E-state index in [-0.39, 0.29) is 11.0 Å². The van der Waals surface area contributed by atoms with Crippen molar-refractivity contribution in [3.8, 4) is 0 Å². The van der Waals surface area contributed by atoms with Crippen LogP contribution in [0.15, 0.2) is 22.7 Å². The molecule has 1 aromatic carbocycles. The maximum atomic E-state index is 3.66. The third kappa shape index (κ3) is 1.92. The van der Waals surface area contributed by atoms with Crippen molar-refractivity contribution in [1.29, 1.82) is 0 Å². The SMILES string of the molecule is CC1(C)CC(C)(C)c2c(Br)cccc2N1. The van der Waals surface area contributed by atoms with Crippen LogP contribution in [0.3, 0.4) is 0 Å². The Morgan fingerprint density at radius 2 is 1.87 bits per heavy atom. The van der Waals surface area contributed by atoms with E-state index in [0.29, 0.717) is 0 Å². The van der Waals surface area contributed by atoms with Crippen molar-refractivity contribution in [1.82, 2.24) is 0 Å². The molecule has 1 aliphatic heterocycles. The third-order valence-corrected chi connectivity index (χ3v) is 3.71. The van der Waals surface area contributed by atoms with Crippen LogP contribution >= 0.6 is 15.9 Å². The molecule has 1 aliphatic rings. The van der Waals surface area contributed by atoms with Gasteiger partial charge in [0, 0.05) is 15.7 Å². The first kappa shape index (κ1) is 11.0. The number of hydrogen-bond acceptors (Lipinski definition) is 1. The highest BCUT2D eigenvalue weighted by Gasteiger charge is 2.37. The van der Waals surface area contributed by atoms with Crippen molar-refractivity contribution >= 4 is 21.6 Å². The second-order valence-electron chi connectivity index (χ2n) is 5.73. The van der Waals surface area contributed by atoms with Gasteiger partial charge in [-0.1, -0.05) is 35.8 Å². The van der Waals surface area contributed by atoms with Gasteiger partial charge in [0.25, 0.3) is 0 Å². The number of hydrogen-bond donors (Lipinski definition) is 1. The molecule has 2 heteroatoms. The first-order valence-electron chi connectivity index (χ1n) is 5.39. The van der Waals surface area contributed by atoms with E-state index in [9.17, 15) is 0 Å². The third-order valence-electron chi connectivity index (χ3n) is 3.05. The zero-order valence-corrected chi connectivity index (χ0v) is 11.4. The molecule has 0 amide bonds. The predicted molar refractivity (Wildman–Crippen MR) is 69.5 cm³/mol. The molecule has 0 unspecified atom stereocenters. The fourth-order valence-corrected chi connectivity index (χ4v) is 3.82. The van der Waals surface area contributed by atoms with Crippen molar-refractivity contribution in [2.24, 2.45) is 0 Å². The van der Waals surface area contributed by atoms with Gasteiger partial charge in [0.2, 0.25) is 0 Å². The van der Waals surface area contributed by atoms with E-state index in [1.165, 1.54) is 15.7 Å². The van der Waals surface area contributed by atoms with Crippen LogP contribution in [0.25, 0.3) is 0 Å². The molecule has 1 heterocycles. The Balaban J connectivity index is 2.60. The first-order chi connectivity index (χ1) is 6.82. The topological polar surface area (TPSA) is 12.0 Å². The van der Waals surface area contributed by atoms with Crippen LogP contribution in [-0.4, -0.2) is 5.54 Å². The number of fused-ring (bicyclic) bond motifs is 1. The monoisotopic (exact) mass is 267 g/mol. The summed E-state index contributed by atoms with van der Waals surface area (Å²) in [6.45, 7) is 9.16. The van der Waals surface area contributed by atoms with E-state index in [0.717, 1.165) is 6.42 Å². The van der Waals surface area contributed by atoms with Crippen LogP contribution in [0.5, 0.6) is 0 Å². The maximum Gasteiger partial charge on any atom is 0.0393 e. The fourth-order valence-electron chi connectivity index (χ4n) is 2.92. The Labute approximate surface area is 100 Å². The summed E-state index contributed by atoms with van der Waals surface area (Å²) >= 11 is 3.66. The average Bonchev–Trinajstić information content (AvgIpc) is 1.97. The van der Waals surface area contributed by atoms with E-state index in [4.69, 9.17) is 0 Å². The van der Waals surface area contributed by atoms with Gasteiger partial charge in [0.05, 0.1) is 0 Å². The van der Waals surface area contributed by atoms with Crippen LogP contribution in [-0.2, 0) is 5.41 Å². The molecule has 1 aromatic rings. The molecule has 82 valence electrons. The highest BCUT2D eigenvalue weighted by Crippen LogP contribution is 2.45. The van der Waals surface area contributed by atoms with Crippen LogP contribution in [0, 0.1) is 0 Å². The van der Waals surface area contributed by atoms with Crippen molar-refractivity contribution in [3.63, 3.8) is 0 Å². The van der Waals surface area contributed by atoms with Crippen LogP contribution in [0.2, 0.25) is 0 Å². The second kappa shape index (κ2) is 3.24. The molecule has 2 rings (SSSR count). The van der Waals surface area contributed by atoms with Crippen molar-refractivity contribution < 1.29 is 0 Å². The largest absolute Gasteiger partial charge is 0.380 e. The van der Waals surface area contributed by atoms with Gasteiger partial charge in [0.15, 0.2) is 0 Å². The summed E-state index contributed by atoms with van der Waals surface area (Å²) in [7, 11) is 0. The smallest absolute Gasteiger partial charge is 0.0393 e. The Kier molecular flexibility index (Phi) is 2.38.